The standard InChI is InChI=1S/C29H26N2O7S/c1-2-35-28(33)22-11-18-14-34-17-37-26(18)12-19(22)16-39-29-30-23-8-4-3-7-21(23)27(32)31(29)13-20-15-36-24-9-5-6-10-25(24)38-20/h3-12,20H,2,13-17H2,1H3. The fraction of sp³-hybridized carbons (Fsp3) is 0.276. The number of rotatable bonds is 7. The second-order valence-electron chi connectivity index (χ2n) is 9.06. The van der Waals surface area contributed by atoms with Crippen LogP contribution >= 0.6 is 11.8 Å². The Labute approximate surface area is 228 Å². The second kappa shape index (κ2) is 11.0. The van der Waals surface area contributed by atoms with Gasteiger partial charge in [0.15, 0.2) is 29.6 Å². The Kier molecular flexibility index (Phi) is 7.12. The van der Waals surface area contributed by atoms with Crippen LogP contribution in [0.4, 0.5) is 0 Å². The molecule has 3 aromatic carbocycles. The van der Waals surface area contributed by atoms with Crippen molar-refractivity contribution in [3.8, 4) is 17.2 Å². The zero-order valence-corrected chi connectivity index (χ0v) is 22.1. The molecular weight excluding hydrogens is 520 g/mol. The zero-order chi connectivity index (χ0) is 26.8. The van der Waals surface area contributed by atoms with Crippen molar-refractivity contribution >= 4 is 28.6 Å². The summed E-state index contributed by atoms with van der Waals surface area (Å²) in [5.41, 5.74) is 2.38. The highest BCUT2D eigenvalue weighted by atomic mass is 32.2. The number of nitrogens with zero attached hydrogens (tertiary/aromatic N) is 2. The first-order valence-electron chi connectivity index (χ1n) is 12.6. The zero-order valence-electron chi connectivity index (χ0n) is 21.3. The van der Waals surface area contributed by atoms with Gasteiger partial charge >= 0.3 is 5.97 Å². The van der Waals surface area contributed by atoms with E-state index in [1.54, 1.807) is 23.6 Å². The largest absolute Gasteiger partial charge is 0.486 e. The average molecular weight is 547 g/mol. The molecule has 4 aromatic rings. The number of hydrogen-bond donors (Lipinski definition) is 0. The number of carbonyl (C=O) groups excluding carboxylic acids is 1. The molecule has 1 atom stereocenters. The van der Waals surface area contributed by atoms with Gasteiger partial charge in [-0.1, -0.05) is 36.0 Å². The van der Waals surface area contributed by atoms with E-state index in [1.165, 1.54) is 11.8 Å². The number of fused-ring (bicyclic) bond motifs is 3. The summed E-state index contributed by atoms with van der Waals surface area (Å²) in [6, 6.07) is 18.3. The molecule has 0 fully saturated rings. The second-order valence-corrected chi connectivity index (χ2v) is 10.0. The predicted molar refractivity (Wildman–Crippen MR) is 145 cm³/mol. The van der Waals surface area contributed by atoms with E-state index in [4.69, 9.17) is 28.7 Å². The van der Waals surface area contributed by atoms with E-state index < -0.39 is 5.97 Å². The van der Waals surface area contributed by atoms with Crippen molar-refractivity contribution < 1.29 is 28.5 Å². The maximum atomic E-state index is 13.6. The minimum absolute atomic E-state index is 0.149. The Morgan fingerprint density at radius 2 is 1.90 bits per heavy atom. The lowest BCUT2D eigenvalue weighted by atomic mass is 10.0. The normalized spacial score (nSPS) is 15.9. The number of esters is 1. The molecule has 9 nitrogen and oxygen atoms in total. The van der Waals surface area contributed by atoms with E-state index in [2.05, 4.69) is 0 Å². The third kappa shape index (κ3) is 5.17. The van der Waals surface area contributed by atoms with Gasteiger partial charge in [0.2, 0.25) is 0 Å². The van der Waals surface area contributed by atoms with E-state index in [0.717, 1.165) is 11.1 Å². The van der Waals surface area contributed by atoms with Gasteiger partial charge in [-0.25, -0.2) is 9.78 Å². The van der Waals surface area contributed by atoms with Crippen LogP contribution < -0.4 is 19.8 Å². The molecule has 3 heterocycles. The van der Waals surface area contributed by atoms with Crippen molar-refractivity contribution in [2.24, 2.45) is 0 Å². The molecule has 1 aromatic heterocycles. The van der Waals surface area contributed by atoms with E-state index in [0.29, 0.717) is 57.8 Å². The molecule has 2 aliphatic heterocycles. The number of thioether (sulfide) groups is 1. The maximum Gasteiger partial charge on any atom is 0.338 e. The summed E-state index contributed by atoms with van der Waals surface area (Å²) in [5.74, 6) is 1.93. The SMILES string of the molecule is CCOC(=O)c1cc2c(cc1CSc1nc3ccccc3c(=O)n1CC1COc3ccccc3O1)OCOC2. The van der Waals surface area contributed by atoms with Crippen molar-refractivity contribution in [2.45, 2.75) is 37.1 Å². The predicted octanol–water partition coefficient (Wildman–Crippen LogP) is 4.57. The molecule has 0 N–H and O–H groups in total. The summed E-state index contributed by atoms with van der Waals surface area (Å²) in [7, 11) is 0. The fourth-order valence-electron chi connectivity index (χ4n) is 4.61. The van der Waals surface area contributed by atoms with Crippen molar-refractivity contribution in [3.05, 3.63) is 87.7 Å². The molecule has 6 rings (SSSR count). The van der Waals surface area contributed by atoms with Crippen molar-refractivity contribution in [2.75, 3.05) is 20.0 Å². The van der Waals surface area contributed by atoms with E-state index >= 15 is 0 Å². The lowest BCUT2D eigenvalue weighted by Crippen LogP contribution is -2.37. The van der Waals surface area contributed by atoms with Gasteiger partial charge in [0.05, 0.1) is 36.2 Å². The summed E-state index contributed by atoms with van der Waals surface area (Å²) < 4.78 is 30.0. The van der Waals surface area contributed by atoms with Gasteiger partial charge in [0.25, 0.3) is 5.56 Å². The van der Waals surface area contributed by atoms with E-state index in [1.807, 2.05) is 48.5 Å². The van der Waals surface area contributed by atoms with Crippen LogP contribution in [0.15, 0.2) is 70.6 Å². The van der Waals surface area contributed by atoms with Crippen LogP contribution in [0.25, 0.3) is 10.9 Å². The molecule has 0 aliphatic carbocycles. The number of carbonyl (C=O) groups is 1. The molecular formula is C29H26N2O7S. The van der Waals surface area contributed by atoms with Crippen LogP contribution in [-0.2, 0) is 28.4 Å². The Morgan fingerprint density at radius 1 is 1.08 bits per heavy atom. The molecule has 0 bridgehead atoms. The first-order valence-corrected chi connectivity index (χ1v) is 13.6. The molecule has 39 heavy (non-hydrogen) atoms. The van der Waals surface area contributed by atoms with Crippen molar-refractivity contribution in [3.63, 3.8) is 0 Å². The molecule has 0 amide bonds. The fourth-order valence-corrected chi connectivity index (χ4v) is 5.61. The molecule has 200 valence electrons. The van der Waals surface area contributed by atoms with Gasteiger partial charge in [-0.3, -0.25) is 9.36 Å². The van der Waals surface area contributed by atoms with Crippen molar-refractivity contribution in [1.82, 2.24) is 9.55 Å². The number of aromatic nitrogens is 2. The Hall–Kier alpha value is -4.02. The summed E-state index contributed by atoms with van der Waals surface area (Å²) >= 11 is 1.36. The Morgan fingerprint density at radius 3 is 2.77 bits per heavy atom. The van der Waals surface area contributed by atoms with Gasteiger partial charge in [-0.15, -0.1) is 0 Å². The Balaban J connectivity index is 1.34. The average Bonchev–Trinajstić information content (AvgIpc) is 2.97. The van der Waals surface area contributed by atoms with Crippen LogP contribution in [0.5, 0.6) is 17.2 Å². The third-order valence-corrected chi connectivity index (χ3v) is 7.50. The maximum absolute atomic E-state index is 13.6. The number of benzene rings is 3. The molecule has 2 aliphatic rings. The van der Waals surface area contributed by atoms with Crippen LogP contribution in [0.1, 0.15) is 28.4 Å². The summed E-state index contributed by atoms with van der Waals surface area (Å²) in [4.78, 5) is 31.3. The number of ether oxygens (including phenoxy) is 5. The van der Waals surface area contributed by atoms with Crippen LogP contribution in [0.3, 0.4) is 0 Å². The topological polar surface area (TPSA) is 98.1 Å². The third-order valence-electron chi connectivity index (χ3n) is 6.47. The molecule has 10 heteroatoms. The van der Waals surface area contributed by atoms with Crippen LogP contribution in [-0.4, -0.2) is 41.6 Å². The molecule has 1 unspecified atom stereocenters. The molecule has 0 saturated carbocycles. The summed E-state index contributed by atoms with van der Waals surface area (Å²) in [5, 5.41) is 1.03. The first kappa shape index (κ1) is 25.3. The van der Waals surface area contributed by atoms with Crippen LogP contribution in [0.2, 0.25) is 0 Å². The highest BCUT2D eigenvalue weighted by molar-refractivity contribution is 7.98. The summed E-state index contributed by atoms with van der Waals surface area (Å²) in [6.45, 7) is 3.09. The van der Waals surface area contributed by atoms with Gasteiger partial charge < -0.3 is 23.7 Å². The molecule has 0 radical (unpaired) electrons. The van der Waals surface area contributed by atoms with Crippen molar-refractivity contribution in [1.29, 1.82) is 0 Å². The van der Waals surface area contributed by atoms with E-state index in [-0.39, 0.29) is 31.6 Å². The minimum atomic E-state index is -0.420. The monoisotopic (exact) mass is 546 g/mol. The molecule has 0 spiro atoms. The number of hydrogen-bond acceptors (Lipinski definition) is 9. The van der Waals surface area contributed by atoms with Gasteiger partial charge in [0, 0.05) is 11.3 Å². The lowest BCUT2D eigenvalue weighted by molar-refractivity contribution is -0.0164. The lowest BCUT2D eigenvalue weighted by Gasteiger charge is -2.27. The van der Waals surface area contributed by atoms with Crippen LogP contribution in [0, 0.1) is 0 Å². The summed E-state index contributed by atoms with van der Waals surface area (Å²) in [6.07, 6.45) is -0.382. The highest BCUT2D eigenvalue weighted by Gasteiger charge is 2.25. The minimum Gasteiger partial charge on any atom is -0.486 e. The van der Waals surface area contributed by atoms with Gasteiger partial charge in [-0.05, 0) is 48.9 Å². The molecule has 0 saturated heterocycles. The van der Waals surface area contributed by atoms with Gasteiger partial charge in [-0.2, -0.15) is 0 Å². The smallest absolute Gasteiger partial charge is 0.338 e. The van der Waals surface area contributed by atoms with E-state index in [9.17, 15) is 9.59 Å². The highest BCUT2D eigenvalue weighted by Crippen LogP contribution is 2.33. The quantitative estimate of drug-likeness (QED) is 0.188. The number of para-hydroxylation sites is 3. The first-order chi connectivity index (χ1) is 19.1. The Bertz CT molecular complexity index is 1600. The van der Waals surface area contributed by atoms with Gasteiger partial charge in [0.1, 0.15) is 12.4 Å².